The molecule has 0 aromatic heterocycles. The second-order valence-electron chi connectivity index (χ2n) is 7.66. The standard InChI is InChI=1S/C23H28N2O2/c1-3-7-21(26)25-13-12-23(16-25,22(24)27)15-19-9-4-5-11-20(19)18-10-6-8-17(2)14-18/h4-6,8-11,14H,3,7,12-13,15-16H2,1-2H3,(H2,24,27)/t23-/m1/s1. The normalized spacial score (nSPS) is 19.3. The lowest BCUT2D eigenvalue weighted by Crippen LogP contribution is -2.42. The number of likely N-dealkylation sites (tertiary alicyclic amines) is 1. The van der Waals surface area contributed by atoms with Crippen molar-refractivity contribution in [1.29, 1.82) is 0 Å². The van der Waals surface area contributed by atoms with Gasteiger partial charge in [-0.05, 0) is 42.9 Å². The van der Waals surface area contributed by atoms with E-state index in [4.69, 9.17) is 5.73 Å². The van der Waals surface area contributed by atoms with Crippen LogP contribution in [-0.4, -0.2) is 29.8 Å². The Morgan fingerprint density at radius 1 is 1.15 bits per heavy atom. The van der Waals surface area contributed by atoms with Gasteiger partial charge in [0.15, 0.2) is 0 Å². The Labute approximate surface area is 161 Å². The fourth-order valence-corrected chi connectivity index (χ4v) is 4.02. The van der Waals surface area contributed by atoms with Gasteiger partial charge in [0, 0.05) is 19.5 Å². The molecule has 1 fully saturated rings. The van der Waals surface area contributed by atoms with Crippen LogP contribution in [0.25, 0.3) is 11.1 Å². The highest BCUT2D eigenvalue weighted by Crippen LogP contribution is 2.37. The van der Waals surface area contributed by atoms with Gasteiger partial charge in [-0.25, -0.2) is 0 Å². The average molecular weight is 364 g/mol. The summed E-state index contributed by atoms with van der Waals surface area (Å²) in [4.78, 5) is 26.6. The van der Waals surface area contributed by atoms with E-state index in [1.54, 1.807) is 0 Å². The molecule has 1 aliphatic rings. The van der Waals surface area contributed by atoms with Gasteiger partial charge in [0.05, 0.1) is 5.41 Å². The number of amides is 2. The molecule has 0 spiro atoms. The number of carbonyl (C=O) groups excluding carboxylic acids is 2. The third-order valence-corrected chi connectivity index (χ3v) is 5.57. The molecule has 2 aromatic rings. The van der Waals surface area contributed by atoms with E-state index in [1.165, 1.54) is 5.56 Å². The predicted octanol–water partition coefficient (Wildman–Crippen LogP) is 3.71. The molecule has 2 N–H and O–H groups in total. The van der Waals surface area contributed by atoms with Gasteiger partial charge in [-0.2, -0.15) is 0 Å². The first kappa shape index (κ1) is 19.2. The summed E-state index contributed by atoms with van der Waals surface area (Å²) in [6.07, 6.45) is 2.52. The molecule has 0 unspecified atom stereocenters. The number of nitrogens with zero attached hydrogens (tertiary/aromatic N) is 1. The van der Waals surface area contributed by atoms with Crippen LogP contribution < -0.4 is 5.73 Å². The van der Waals surface area contributed by atoms with Crippen molar-refractivity contribution >= 4 is 11.8 Å². The van der Waals surface area contributed by atoms with E-state index in [0.29, 0.717) is 32.4 Å². The van der Waals surface area contributed by atoms with Crippen molar-refractivity contribution in [3.8, 4) is 11.1 Å². The summed E-state index contributed by atoms with van der Waals surface area (Å²) in [7, 11) is 0. The maximum atomic E-state index is 12.4. The maximum absolute atomic E-state index is 12.4. The van der Waals surface area contributed by atoms with Crippen LogP contribution in [0.2, 0.25) is 0 Å². The molecule has 4 heteroatoms. The summed E-state index contributed by atoms with van der Waals surface area (Å²) < 4.78 is 0. The van der Waals surface area contributed by atoms with Gasteiger partial charge in [-0.1, -0.05) is 61.0 Å². The number of primary amides is 1. The highest BCUT2D eigenvalue weighted by molar-refractivity contribution is 5.85. The summed E-state index contributed by atoms with van der Waals surface area (Å²) in [6.45, 7) is 5.09. The van der Waals surface area contributed by atoms with Crippen LogP contribution in [0.4, 0.5) is 0 Å². The Hall–Kier alpha value is -2.62. The Morgan fingerprint density at radius 2 is 1.93 bits per heavy atom. The van der Waals surface area contributed by atoms with Crippen LogP contribution >= 0.6 is 0 Å². The second-order valence-corrected chi connectivity index (χ2v) is 7.66. The van der Waals surface area contributed by atoms with E-state index >= 15 is 0 Å². The van der Waals surface area contributed by atoms with Crippen LogP contribution in [0, 0.1) is 12.3 Å². The van der Waals surface area contributed by atoms with Crippen molar-refractivity contribution in [2.24, 2.45) is 11.1 Å². The molecule has 142 valence electrons. The summed E-state index contributed by atoms with van der Waals surface area (Å²) in [5, 5.41) is 0. The van der Waals surface area contributed by atoms with Gasteiger partial charge >= 0.3 is 0 Å². The summed E-state index contributed by atoms with van der Waals surface area (Å²) in [5.41, 5.74) is 9.73. The van der Waals surface area contributed by atoms with Gasteiger partial charge in [0.1, 0.15) is 0 Å². The van der Waals surface area contributed by atoms with E-state index < -0.39 is 5.41 Å². The number of hydrogen-bond acceptors (Lipinski definition) is 2. The molecule has 1 aliphatic heterocycles. The quantitative estimate of drug-likeness (QED) is 0.849. The molecule has 0 radical (unpaired) electrons. The zero-order valence-electron chi connectivity index (χ0n) is 16.2. The Morgan fingerprint density at radius 3 is 2.63 bits per heavy atom. The van der Waals surface area contributed by atoms with Crippen molar-refractivity contribution in [2.75, 3.05) is 13.1 Å². The van der Waals surface area contributed by atoms with Crippen LogP contribution in [0.15, 0.2) is 48.5 Å². The first-order chi connectivity index (χ1) is 12.9. The number of rotatable bonds is 6. The summed E-state index contributed by atoms with van der Waals surface area (Å²) in [5.74, 6) is -0.194. The van der Waals surface area contributed by atoms with E-state index in [0.717, 1.165) is 23.1 Å². The van der Waals surface area contributed by atoms with E-state index in [-0.39, 0.29) is 11.8 Å². The van der Waals surface area contributed by atoms with Crippen molar-refractivity contribution < 1.29 is 9.59 Å². The Balaban J connectivity index is 1.91. The van der Waals surface area contributed by atoms with Gasteiger partial charge in [0.2, 0.25) is 11.8 Å². The van der Waals surface area contributed by atoms with Crippen LogP contribution in [0.3, 0.4) is 0 Å². The topological polar surface area (TPSA) is 63.4 Å². The first-order valence-corrected chi connectivity index (χ1v) is 9.68. The molecular weight excluding hydrogens is 336 g/mol. The zero-order chi connectivity index (χ0) is 19.4. The largest absolute Gasteiger partial charge is 0.369 e. The van der Waals surface area contributed by atoms with Crippen molar-refractivity contribution in [2.45, 2.75) is 39.5 Å². The molecule has 1 saturated heterocycles. The molecule has 2 aromatic carbocycles. The van der Waals surface area contributed by atoms with E-state index in [2.05, 4.69) is 37.3 Å². The fraction of sp³-hybridized carbons (Fsp3) is 0.391. The van der Waals surface area contributed by atoms with Crippen LogP contribution in [0.1, 0.15) is 37.3 Å². The zero-order valence-corrected chi connectivity index (χ0v) is 16.2. The molecule has 0 saturated carbocycles. The molecule has 2 amide bonds. The minimum Gasteiger partial charge on any atom is -0.369 e. The Kier molecular flexibility index (Phi) is 5.64. The summed E-state index contributed by atoms with van der Waals surface area (Å²) >= 11 is 0. The Bertz CT molecular complexity index is 846. The minimum atomic E-state index is -0.691. The predicted molar refractivity (Wildman–Crippen MR) is 108 cm³/mol. The molecule has 27 heavy (non-hydrogen) atoms. The van der Waals surface area contributed by atoms with Gasteiger partial charge in [-0.3, -0.25) is 9.59 Å². The van der Waals surface area contributed by atoms with Crippen LogP contribution in [-0.2, 0) is 16.0 Å². The average Bonchev–Trinajstić information content (AvgIpc) is 3.08. The number of benzene rings is 2. The van der Waals surface area contributed by atoms with Crippen LogP contribution in [0.5, 0.6) is 0 Å². The highest BCUT2D eigenvalue weighted by atomic mass is 16.2. The van der Waals surface area contributed by atoms with Crippen molar-refractivity contribution in [1.82, 2.24) is 4.90 Å². The monoisotopic (exact) mass is 364 g/mol. The lowest BCUT2D eigenvalue weighted by molar-refractivity contribution is -0.132. The molecule has 0 aliphatic carbocycles. The van der Waals surface area contributed by atoms with E-state index in [9.17, 15) is 9.59 Å². The first-order valence-electron chi connectivity index (χ1n) is 9.68. The summed E-state index contributed by atoms with van der Waals surface area (Å²) in [6, 6.07) is 16.5. The minimum absolute atomic E-state index is 0.118. The molecule has 4 nitrogen and oxygen atoms in total. The molecular formula is C23H28N2O2. The highest BCUT2D eigenvalue weighted by Gasteiger charge is 2.44. The lowest BCUT2D eigenvalue weighted by atomic mass is 9.78. The molecule has 3 rings (SSSR count). The lowest BCUT2D eigenvalue weighted by Gasteiger charge is -2.27. The smallest absolute Gasteiger partial charge is 0.225 e. The number of nitrogens with two attached hydrogens (primary N) is 1. The third kappa shape index (κ3) is 4.05. The fourth-order valence-electron chi connectivity index (χ4n) is 4.02. The number of aryl methyl sites for hydroxylation is 1. The van der Waals surface area contributed by atoms with Crippen molar-refractivity contribution in [3.63, 3.8) is 0 Å². The molecule has 1 atom stereocenters. The number of carbonyl (C=O) groups is 2. The second kappa shape index (κ2) is 7.95. The molecule has 1 heterocycles. The molecule has 0 bridgehead atoms. The SMILES string of the molecule is CCCC(=O)N1CC[C@](Cc2ccccc2-c2cccc(C)c2)(C(N)=O)C1. The van der Waals surface area contributed by atoms with Gasteiger partial charge in [-0.15, -0.1) is 0 Å². The maximum Gasteiger partial charge on any atom is 0.225 e. The van der Waals surface area contributed by atoms with Gasteiger partial charge < -0.3 is 10.6 Å². The van der Waals surface area contributed by atoms with Gasteiger partial charge in [0.25, 0.3) is 0 Å². The number of hydrogen-bond donors (Lipinski definition) is 1. The third-order valence-electron chi connectivity index (χ3n) is 5.57. The van der Waals surface area contributed by atoms with Crippen molar-refractivity contribution in [3.05, 3.63) is 59.7 Å². The van der Waals surface area contributed by atoms with E-state index in [1.807, 2.05) is 30.0 Å².